The van der Waals surface area contributed by atoms with E-state index < -0.39 is 16.1 Å². The zero-order valence-electron chi connectivity index (χ0n) is 13.0. The molecule has 1 aromatic rings. The summed E-state index contributed by atoms with van der Waals surface area (Å²) in [5.41, 5.74) is 0.740. The van der Waals surface area contributed by atoms with Crippen molar-refractivity contribution in [3.05, 3.63) is 18.2 Å². The van der Waals surface area contributed by atoms with Crippen LogP contribution in [-0.4, -0.2) is 47.1 Å². The van der Waals surface area contributed by atoms with Gasteiger partial charge in [-0.1, -0.05) is 0 Å². The number of likely N-dealkylation sites (N-methyl/N-ethyl adjacent to an activating group) is 1. The van der Waals surface area contributed by atoms with Gasteiger partial charge in [-0.05, 0) is 37.5 Å². The molecule has 3 rings (SSSR count). The van der Waals surface area contributed by atoms with Crippen LogP contribution in [0, 0.1) is 0 Å². The molecule has 1 aromatic carbocycles. The second-order valence-corrected chi connectivity index (χ2v) is 7.57. The topological polar surface area (TPSA) is 87.7 Å². The summed E-state index contributed by atoms with van der Waals surface area (Å²) in [5, 5.41) is 2.73. The Hall–Kier alpha value is -1.80. The maximum atomic E-state index is 12.6. The van der Waals surface area contributed by atoms with Crippen molar-refractivity contribution in [3.63, 3.8) is 0 Å². The Labute approximate surface area is 136 Å². The molecular formula is C15H21N3O4S. The van der Waals surface area contributed by atoms with E-state index in [-0.39, 0.29) is 10.8 Å². The molecule has 126 valence electrons. The lowest BCUT2D eigenvalue weighted by atomic mass is 10.1. The van der Waals surface area contributed by atoms with Gasteiger partial charge in [-0.15, -0.1) is 0 Å². The van der Waals surface area contributed by atoms with Crippen molar-refractivity contribution in [2.24, 2.45) is 0 Å². The zero-order valence-corrected chi connectivity index (χ0v) is 13.9. The Morgan fingerprint density at radius 2 is 2.17 bits per heavy atom. The highest BCUT2D eigenvalue weighted by Gasteiger charge is 2.28. The van der Waals surface area contributed by atoms with Gasteiger partial charge < -0.3 is 15.0 Å². The Kier molecular flexibility index (Phi) is 4.45. The number of ether oxygens (including phenoxy) is 1. The molecule has 1 amide bonds. The minimum atomic E-state index is -3.76. The molecule has 0 aromatic heterocycles. The maximum Gasteiger partial charge on any atom is 0.241 e. The summed E-state index contributed by atoms with van der Waals surface area (Å²) in [6.45, 7) is 1.88. The van der Waals surface area contributed by atoms with Crippen molar-refractivity contribution in [2.45, 2.75) is 30.2 Å². The van der Waals surface area contributed by atoms with E-state index in [0.717, 1.165) is 18.5 Å². The Balaban J connectivity index is 1.84. The summed E-state index contributed by atoms with van der Waals surface area (Å²) in [5.74, 6) is 0.411. The summed E-state index contributed by atoms with van der Waals surface area (Å²) in [4.78, 5) is 14.0. The second-order valence-electron chi connectivity index (χ2n) is 5.86. The first-order chi connectivity index (χ1) is 11.0. The van der Waals surface area contributed by atoms with E-state index in [1.54, 1.807) is 12.1 Å². The first-order valence-electron chi connectivity index (χ1n) is 7.75. The molecule has 2 N–H and O–H groups in total. The molecular weight excluding hydrogens is 318 g/mol. The van der Waals surface area contributed by atoms with Gasteiger partial charge in [0.15, 0.2) is 0 Å². The van der Waals surface area contributed by atoms with Crippen molar-refractivity contribution in [1.82, 2.24) is 10.0 Å². The predicted octanol–water partition coefficient (Wildman–Crippen LogP) is 0.462. The zero-order chi connectivity index (χ0) is 16.4. The van der Waals surface area contributed by atoms with Crippen LogP contribution in [0.3, 0.4) is 0 Å². The molecule has 1 atom stereocenters. The molecule has 8 heteroatoms. The third-order valence-electron chi connectivity index (χ3n) is 4.17. The van der Waals surface area contributed by atoms with Crippen LogP contribution in [0.2, 0.25) is 0 Å². The smallest absolute Gasteiger partial charge is 0.241 e. The van der Waals surface area contributed by atoms with Gasteiger partial charge >= 0.3 is 0 Å². The molecule has 2 aliphatic rings. The van der Waals surface area contributed by atoms with Crippen molar-refractivity contribution in [3.8, 4) is 5.75 Å². The van der Waals surface area contributed by atoms with Gasteiger partial charge in [0, 0.05) is 13.6 Å². The molecule has 1 fully saturated rings. The largest absolute Gasteiger partial charge is 0.490 e. The van der Waals surface area contributed by atoms with Gasteiger partial charge in [-0.3, -0.25) is 4.79 Å². The van der Waals surface area contributed by atoms with Crippen molar-refractivity contribution >= 4 is 21.6 Å². The predicted molar refractivity (Wildman–Crippen MR) is 86.2 cm³/mol. The van der Waals surface area contributed by atoms with Gasteiger partial charge in [0.2, 0.25) is 15.9 Å². The van der Waals surface area contributed by atoms with E-state index in [4.69, 9.17) is 4.74 Å². The van der Waals surface area contributed by atoms with Gasteiger partial charge in [-0.25, -0.2) is 8.42 Å². The summed E-state index contributed by atoms with van der Waals surface area (Å²) in [6, 6.07) is 4.04. The first kappa shape index (κ1) is 16.1. The van der Waals surface area contributed by atoms with Crippen LogP contribution in [0.25, 0.3) is 0 Å². The monoisotopic (exact) mass is 339 g/mol. The SMILES string of the molecule is CN1CCOc2ccc(S(=O)(=O)N[C@@H]3CCCCNC3=O)cc21. The van der Waals surface area contributed by atoms with Crippen LogP contribution in [-0.2, 0) is 14.8 Å². The Morgan fingerprint density at radius 1 is 1.35 bits per heavy atom. The average molecular weight is 339 g/mol. The van der Waals surface area contributed by atoms with Crippen LogP contribution >= 0.6 is 0 Å². The van der Waals surface area contributed by atoms with Gasteiger partial charge in [-0.2, -0.15) is 4.72 Å². The number of fused-ring (bicyclic) bond motifs is 1. The summed E-state index contributed by atoms with van der Waals surface area (Å²) in [7, 11) is -1.87. The number of benzene rings is 1. The minimum absolute atomic E-state index is 0.144. The lowest BCUT2D eigenvalue weighted by Crippen LogP contribution is -2.45. The average Bonchev–Trinajstić information content (AvgIpc) is 2.72. The van der Waals surface area contributed by atoms with Crippen molar-refractivity contribution in [2.75, 3.05) is 31.6 Å². The number of sulfonamides is 1. The fourth-order valence-corrected chi connectivity index (χ4v) is 4.05. The van der Waals surface area contributed by atoms with E-state index in [0.29, 0.717) is 31.9 Å². The third kappa shape index (κ3) is 3.42. The number of amides is 1. The number of carbonyl (C=O) groups excluding carboxylic acids is 1. The molecule has 1 saturated heterocycles. The van der Waals surface area contributed by atoms with E-state index in [2.05, 4.69) is 10.0 Å². The molecule has 0 bridgehead atoms. The summed E-state index contributed by atoms with van der Waals surface area (Å²) in [6.07, 6.45) is 2.19. The lowest BCUT2D eigenvalue weighted by molar-refractivity contribution is -0.122. The summed E-state index contributed by atoms with van der Waals surface area (Å²) < 4.78 is 33.2. The molecule has 0 spiro atoms. The van der Waals surface area contributed by atoms with Crippen LogP contribution in [0.15, 0.2) is 23.1 Å². The molecule has 2 aliphatic heterocycles. The molecule has 2 heterocycles. The Bertz CT molecular complexity index is 705. The molecule has 0 saturated carbocycles. The summed E-state index contributed by atoms with van der Waals surface area (Å²) >= 11 is 0. The van der Waals surface area contributed by atoms with Gasteiger partial charge in [0.1, 0.15) is 18.4 Å². The number of anilines is 1. The quantitative estimate of drug-likeness (QED) is 0.835. The molecule has 0 radical (unpaired) electrons. The molecule has 23 heavy (non-hydrogen) atoms. The maximum absolute atomic E-state index is 12.6. The highest BCUT2D eigenvalue weighted by molar-refractivity contribution is 7.89. The standard InChI is InChI=1S/C15H21N3O4S/c1-18-8-9-22-14-6-5-11(10-13(14)18)23(20,21)17-12-4-2-3-7-16-15(12)19/h5-6,10,12,17H,2-4,7-9H2,1H3,(H,16,19)/t12-/m1/s1. The van der Waals surface area contributed by atoms with Crippen LogP contribution in [0.5, 0.6) is 5.75 Å². The Morgan fingerprint density at radius 3 is 3.00 bits per heavy atom. The van der Waals surface area contributed by atoms with Crippen LogP contribution < -0.4 is 19.7 Å². The van der Waals surface area contributed by atoms with Crippen LogP contribution in [0.4, 0.5) is 5.69 Å². The number of rotatable bonds is 3. The van der Waals surface area contributed by atoms with Crippen LogP contribution in [0.1, 0.15) is 19.3 Å². The van der Waals surface area contributed by atoms with Crippen molar-refractivity contribution < 1.29 is 17.9 Å². The molecule has 0 unspecified atom stereocenters. The number of nitrogens with one attached hydrogen (secondary N) is 2. The molecule has 0 aliphatic carbocycles. The second kappa shape index (κ2) is 6.37. The molecule has 7 nitrogen and oxygen atoms in total. The number of hydrogen-bond acceptors (Lipinski definition) is 5. The number of carbonyl (C=O) groups is 1. The third-order valence-corrected chi connectivity index (χ3v) is 5.64. The minimum Gasteiger partial charge on any atom is -0.490 e. The first-order valence-corrected chi connectivity index (χ1v) is 9.24. The van der Waals surface area contributed by atoms with Gasteiger partial charge in [0.25, 0.3) is 0 Å². The number of hydrogen-bond donors (Lipinski definition) is 2. The van der Waals surface area contributed by atoms with Crippen molar-refractivity contribution in [1.29, 1.82) is 0 Å². The lowest BCUT2D eigenvalue weighted by Gasteiger charge is -2.28. The number of nitrogens with zero attached hydrogens (tertiary/aromatic N) is 1. The van der Waals surface area contributed by atoms with Gasteiger partial charge in [0.05, 0.1) is 17.1 Å². The van der Waals surface area contributed by atoms with E-state index in [1.807, 2.05) is 11.9 Å². The van der Waals surface area contributed by atoms with E-state index >= 15 is 0 Å². The van der Waals surface area contributed by atoms with E-state index in [9.17, 15) is 13.2 Å². The fourth-order valence-electron chi connectivity index (χ4n) is 2.80. The fraction of sp³-hybridized carbons (Fsp3) is 0.533. The highest BCUT2D eigenvalue weighted by atomic mass is 32.2. The highest BCUT2D eigenvalue weighted by Crippen LogP contribution is 2.32. The van der Waals surface area contributed by atoms with E-state index in [1.165, 1.54) is 6.07 Å². The normalized spacial score (nSPS) is 21.9.